The third kappa shape index (κ3) is 3.70. The van der Waals surface area contributed by atoms with E-state index in [1.165, 1.54) is 19.3 Å². The Morgan fingerprint density at radius 3 is 2.47 bits per heavy atom. The van der Waals surface area contributed by atoms with Crippen molar-refractivity contribution in [2.45, 2.75) is 51.0 Å². The fraction of sp³-hybridized carbons (Fsp3) is 0.400. The molecule has 5 rings (SSSR count). The highest BCUT2D eigenvalue weighted by Gasteiger charge is 2.23. The molecule has 0 spiro atoms. The Kier molecular flexibility index (Phi) is 5.23. The van der Waals surface area contributed by atoms with Gasteiger partial charge in [-0.25, -0.2) is 4.98 Å². The predicted octanol–water partition coefficient (Wildman–Crippen LogP) is 4.30. The zero-order chi connectivity index (χ0) is 20.3. The van der Waals surface area contributed by atoms with Crippen LogP contribution in [0.25, 0.3) is 11.0 Å². The number of fused-ring (bicyclic) bond motifs is 1. The summed E-state index contributed by atoms with van der Waals surface area (Å²) >= 11 is 0. The second-order valence-corrected chi connectivity index (χ2v) is 8.28. The van der Waals surface area contributed by atoms with E-state index in [1.54, 1.807) is 0 Å². The molecule has 0 radical (unpaired) electrons. The lowest BCUT2D eigenvalue weighted by Crippen LogP contribution is -2.32. The van der Waals surface area contributed by atoms with Crippen molar-refractivity contribution >= 4 is 17.0 Å². The summed E-state index contributed by atoms with van der Waals surface area (Å²) in [5.74, 6) is 7.00. The summed E-state index contributed by atoms with van der Waals surface area (Å²) in [6.45, 7) is 1.97. The molecular formula is C25H26N4O. The van der Waals surface area contributed by atoms with Crippen molar-refractivity contribution in [2.75, 3.05) is 18.0 Å². The van der Waals surface area contributed by atoms with Crippen LogP contribution in [0.15, 0.2) is 47.4 Å². The van der Waals surface area contributed by atoms with Gasteiger partial charge >= 0.3 is 0 Å². The number of pyridine rings is 1. The van der Waals surface area contributed by atoms with E-state index < -0.39 is 0 Å². The second-order valence-electron chi connectivity index (χ2n) is 8.28. The maximum Gasteiger partial charge on any atom is 0.268 e. The van der Waals surface area contributed by atoms with Gasteiger partial charge in [-0.15, -0.1) is 0 Å². The van der Waals surface area contributed by atoms with E-state index in [4.69, 9.17) is 4.98 Å². The Hall–Kier alpha value is -3.13. The maximum absolute atomic E-state index is 13.5. The number of rotatable bonds is 2. The van der Waals surface area contributed by atoms with Gasteiger partial charge in [-0.05, 0) is 50.3 Å². The number of piperidine rings is 1. The van der Waals surface area contributed by atoms with Crippen molar-refractivity contribution < 1.29 is 0 Å². The lowest BCUT2D eigenvalue weighted by Gasteiger charge is -2.27. The van der Waals surface area contributed by atoms with Crippen molar-refractivity contribution in [2.24, 2.45) is 0 Å². The highest BCUT2D eigenvalue weighted by atomic mass is 16.1. The number of benzene rings is 1. The van der Waals surface area contributed by atoms with E-state index in [-0.39, 0.29) is 11.6 Å². The molecule has 2 fully saturated rings. The molecule has 2 aromatic heterocycles. The number of hydrogen-bond acceptors (Lipinski definition) is 4. The molecule has 0 N–H and O–H groups in total. The molecule has 0 bridgehead atoms. The molecule has 5 nitrogen and oxygen atoms in total. The maximum atomic E-state index is 13.5. The third-order valence-electron chi connectivity index (χ3n) is 6.20. The Morgan fingerprint density at radius 2 is 1.70 bits per heavy atom. The first kappa shape index (κ1) is 18.9. The van der Waals surface area contributed by atoms with Crippen LogP contribution < -0.4 is 10.5 Å². The largest absolute Gasteiger partial charge is 0.341 e. The quantitative estimate of drug-likeness (QED) is 0.604. The Balaban J connectivity index is 1.63. The van der Waals surface area contributed by atoms with Crippen molar-refractivity contribution in [3.8, 4) is 11.8 Å². The lowest BCUT2D eigenvalue weighted by atomic mass is 10.1. The summed E-state index contributed by atoms with van der Waals surface area (Å²) in [7, 11) is 0. The van der Waals surface area contributed by atoms with E-state index >= 15 is 0 Å². The van der Waals surface area contributed by atoms with Gasteiger partial charge in [0.25, 0.3) is 5.56 Å². The third-order valence-corrected chi connectivity index (χ3v) is 6.20. The predicted molar refractivity (Wildman–Crippen MR) is 120 cm³/mol. The van der Waals surface area contributed by atoms with Crippen LogP contribution in [0.1, 0.15) is 62.1 Å². The van der Waals surface area contributed by atoms with Crippen LogP contribution in [-0.2, 0) is 0 Å². The molecule has 1 aliphatic carbocycles. The molecule has 152 valence electrons. The zero-order valence-electron chi connectivity index (χ0n) is 17.2. The summed E-state index contributed by atoms with van der Waals surface area (Å²) in [4.78, 5) is 25.2. The SMILES string of the molecule is O=c1c(C#Cc2ccccc2)cc2cnc(N3CCCCC3)nc2n1C1CCCC1. The van der Waals surface area contributed by atoms with Gasteiger partial charge < -0.3 is 4.90 Å². The summed E-state index contributed by atoms with van der Waals surface area (Å²) in [5, 5.41) is 0.889. The van der Waals surface area contributed by atoms with Crippen molar-refractivity contribution in [1.82, 2.24) is 14.5 Å². The average Bonchev–Trinajstić information content (AvgIpc) is 3.33. The Morgan fingerprint density at radius 1 is 0.933 bits per heavy atom. The molecule has 1 aliphatic heterocycles. The molecule has 0 amide bonds. The van der Waals surface area contributed by atoms with E-state index in [1.807, 2.05) is 47.2 Å². The zero-order valence-corrected chi connectivity index (χ0v) is 17.2. The Bertz CT molecular complexity index is 1160. The van der Waals surface area contributed by atoms with E-state index in [0.717, 1.165) is 61.3 Å². The fourth-order valence-corrected chi connectivity index (χ4v) is 4.61. The highest BCUT2D eigenvalue weighted by molar-refractivity contribution is 5.77. The van der Waals surface area contributed by atoms with Crippen LogP contribution in [0.4, 0.5) is 5.95 Å². The molecule has 3 aromatic rings. The molecule has 1 saturated carbocycles. The standard InChI is InChI=1S/C25H26N4O/c30-24-20(14-13-19-9-3-1-4-10-19)17-21-18-26-25(28-15-7-2-8-16-28)27-23(21)29(24)22-11-5-6-12-22/h1,3-4,9-10,17-18,22H,2,5-8,11-12,15-16H2. The van der Waals surface area contributed by atoms with Gasteiger partial charge in [0, 0.05) is 36.3 Å². The molecular weight excluding hydrogens is 372 g/mol. The number of anilines is 1. The van der Waals surface area contributed by atoms with Gasteiger partial charge in [0.2, 0.25) is 5.95 Å². The Labute approximate surface area is 176 Å². The fourth-order valence-electron chi connectivity index (χ4n) is 4.61. The van der Waals surface area contributed by atoms with Gasteiger partial charge in [0.05, 0.1) is 5.56 Å². The number of hydrogen-bond donors (Lipinski definition) is 0. The number of aromatic nitrogens is 3. The van der Waals surface area contributed by atoms with Crippen LogP contribution in [0.5, 0.6) is 0 Å². The second kappa shape index (κ2) is 8.31. The molecule has 1 aromatic carbocycles. The minimum Gasteiger partial charge on any atom is -0.341 e. The summed E-state index contributed by atoms with van der Waals surface area (Å²) in [6.07, 6.45) is 9.83. The van der Waals surface area contributed by atoms with Crippen molar-refractivity contribution in [1.29, 1.82) is 0 Å². The smallest absolute Gasteiger partial charge is 0.268 e. The van der Waals surface area contributed by atoms with Gasteiger partial charge in [-0.2, -0.15) is 4.98 Å². The summed E-state index contributed by atoms with van der Waals surface area (Å²) in [6, 6.07) is 11.8. The van der Waals surface area contributed by atoms with Crippen molar-refractivity contribution in [3.63, 3.8) is 0 Å². The average molecular weight is 399 g/mol. The molecule has 1 saturated heterocycles. The topological polar surface area (TPSA) is 51.0 Å². The van der Waals surface area contributed by atoms with Gasteiger partial charge in [-0.1, -0.05) is 42.9 Å². The van der Waals surface area contributed by atoms with Crippen LogP contribution in [0, 0.1) is 11.8 Å². The molecule has 0 atom stereocenters. The van der Waals surface area contributed by atoms with Crippen LogP contribution >= 0.6 is 0 Å². The lowest BCUT2D eigenvalue weighted by molar-refractivity contribution is 0.514. The molecule has 2 aliphatic rings. The monoisotopic (exact) mass is 398 g/mol. The summed E-state index contributed by atoms with van der Waals surface area (Å²) in [5.41, 5.74) is 2.16. The highest BCUT2D eigenvalue weighted by Crippen LogP contribution is 2.31. The van der Waals surface area contributed by atoms with Crippen LogP contribution in [0.2, 0.25) is 0 Å². The molecule has 30 heavy (non-hydrogen) atoms. The van der Waals surface area contributed by atoms with Crippen molar-refractivity contribution in [3.05, 3.63) is 64.1 Å². The minimum absolute atomic E-state index is 0.0267. The summed E-state index contributed by atoms with van der Waals surface area (Å²) < 4.78 is 1.91. The number of nitrogens with zero attached hydrogens (tertiary/aromatic N) is 4. The first-order chi connectivity index (χ1) is 14.8. The van der Waals surface area contributed by atoms with Crippen LogP contribution in [0.3, 0.4) is 0 Å². The first-order valence-electron chi connectivity index (χ1n) is 11.0. The normalized spacial score (nSPS) is 17.1. The van der Waals surface area contributed by atoms with E-state index in [2.05, 4.69) is 21.7 Å². The molecule has 3 heterocycles. The molecule has 5 heteroatoms. The van der Waals surface area contributed by atoms with Gasteiger partial charge in [-0.3, -0.25) is 9.36 Å². The van der Waals surface area contributed by atoms with Crippen LogP contribution in [-0.4, -0.2) is 27.6 Å². The van der Waals surface area contributed by atoms with Gasteiger partial charge in [0.15, 0.2) is 0 Å². The van der Waals surface area contributed by atoms with E-state index in [9.17, 15) is 4.79 Å². The molecule has 0 unspecified atom stereocenters. The first-order valence-corrected chi connectivity index (χ1v) is 11.0. The van der Waals surface area contributed by atoms with E-state index in [0.29, 0.717) is 5.56 Å². The van der Waals surface area contributed by atoms with Gasteiger partial charge in [0.1, 0.15) is 5.65 Å². The minimum atomic E-state index is -0.0267.